The molecular formula is C18H12N4O. The highest BCUT2D eigenvalue weighted by Crippen LogP contribution is 2.37. The fourth-order valence-corrected chi connectivity index (χ4v) is 3.07. The van der Waals surface area contributed by atoms with Gasteiger partial charge in [-0.15, -0.1) is 5.10 Å². The molecule has 0 aliphatic carbocycles. The fourth-order valence-electron chi connectivity index (χ4n) is 3.07. The molecule has 2 N–H and O–H groups in total. The first-order valence-electron chi connectivity index (χ1n) is 7.37. The number of fused-ring (bicyclic) bond motifs is 2. The normalized spacial score (nSPS) is 11.5. The number of benzene rings is 2. The summed E-state index contributed by atoms with van der Waals surface area (Å²) >= 11 is 0. The van der Waals surface area contributed by atoms with Crippen LogP contribution < -0.4 is 0 Å². The van der Waals surface area contributed by atoms with Crippen LogP contribution >= 0.6 is 0 Å². The predicted octanol–water partition coefficient (Wildman–Crippen LogP) is 4.37. The lowest BCUT2D eigenvalue weighted by atomic mass is 10.0. The Bertz CT molecular complexity index is 1040. The molecule has 0 radical (unpaired) electrons. The Hall–Kier alpha value is -3.34. The summed E-state index contributed by atoms with van der Waals surface area (Å²) in [5, 5.41) is 10.2. The minimum atomic E-state index is 0.673. The molecule has 5 rings (SSSR count). The van der Waals surface area contributed by atoms with E-state index in [1.54, 1.807) is 0 Å². The lowest BCUT2D eigenvalue weighted by Gasteiger charge is -1.98. The number of nitrogens with zero attached hydrogens (tertiary/aromatic N) is 2. The monoisotopic (exact) mass is 300 g/mol. The molecule has 2 aromatic carbocycles. The number of hydrogen-bond donors (Lipinski definition) is 2. The Morgan fingerprint density at radius 1 is 0.739 bits per heavy atom. The van der Waals surface area contributed by atoms with Gasteiger partial charge in [0.05, 0.1) is 0 Å². The molecule has 0 atom stereocenters. The average Bonchev–Trinajstić information content (AvgIpc) is 3.31. The van der Waals surface area contributed by atoms with Gasteiger partial charge < -0.3 is 14.5 Å². The molecule has 23 heavy (non-hydrogen) atoms. The van der Waals surface area contributed by atoms with Crippen molar-refractivity contribution in [3.63, 3.8) is 0 Å². The van der Waals surface area contributed by atoms with E-state index in [4.69, 9.17) is 4.52 Å². The van der Waals surface area contributed by atoms with E-state index in [1.807, 2.05) is 48.8 Å². The number of hydrogen-bond acceptors (Lipinski definition) is 3. The molecule has 0 aliphatic rings. The lowest BCUT2D eigenvalue weighted by molar-refractivity contribution is 0.404. The van der Waals surface area contributed by atoms with E-state index in [9.17, 15) is 0 Å². The van der Waals surface area contributed by atoms with Crippen LogP contribution in [0.2, 0.25) is 0 Å². The Labute approximate surface area is 130 Å². The maximum atomic E-state index is 5.49. The minimum Gasteiger partial charge on any atom is -0.360 e. The molecule has 0 amide bonds. The highest BCUT2D eigenvalue weighted by molar-refractivity contribution is 6.01. The van der Waals surface area contributed by atoms with Gasteiger partial charge in [-0.1, -0.05) is 36.4 Å². The molecule has 0 aliphatic heterocycles. The summed E-state index contributed by atoms with van der Waals surface area (Å²) in [4.78, 5) is 6.53. The third kappa shape index (κ3) is 1.73. The Morgan fingerprint density at radius 3 is 2.09 bits per heavy atom. The van der Waals surface area contributed by atoms with Crippen molar-refractivity contribution in [1.29, 1.82) is 0 Å². The van der Waals surface area contributed by atoms with Crippen molar-refractivity contribution < 1.29 is 4.52 Å². The highest BCUT2D eigenvalue weighted by atomic mass is 16.5. The molecule has 5 heteroatoms. The van der Waals surface area contributed by atoms with E-state index in [2.05, 4.69) is 32.5 Å². The average molecular weight is 300 g/mol. The molecule has 0 bridgehead atoms. The van der Waals surface area contributed by atoms with Crippen molar-refractivity contribution in [3.8, 4) is 22.6 Å². The Balaban J connectivity index is 1.77. The molecule has 0 saturated carbocycles. The second-order valence-electron chi connectivity index (χ2n) is 5.45. The standard InChI is InChI=1S/C18H12N4O/c1-3-7-15-11(5-1)13(9-19-15)17-18(23-22-21-17)14-10-20-16-8-4-2-6-12(14)16/h1-10,19-20H. The first-order chi connectivity index (χ1) is 11.4. The van der Waals surface area contributed by atoms with Crippen LogP contribution in [0.15, 0.2) is 65.4 Å². The van der Waals surface area contributed by atoms with Gasteiger partial charge in [-0.05, 0) is 12.1 Å². The lowest BCUT2D eigenvalue weighted by Crippen LogP contribution is -1.80. The molecule has 0 saturated heterocycles. The molecule has 3 aromatic heterocycles. The summed E-state index contributed by atoms with van der Waals surface area (Å²) in [6.45, 7) is 0. The maximum Gasteiger partial charge on any atom is 0.197 e. The van der Waals surface area contributed by atoms with Crippen LogP contribution in [0.25, 0.3) is 44.4 Å². The van der Waals surface area contributed by atoms with Crippen LogP contribution in [0.1, 0.15) is 0 Å². The SMILES string of the molecule is c1ccc2c(-c3nnoc3-c3c[nH]c4ccccc34)c[nH]c2c1. The van der Waals surface area contributed by atoms with E-state index < -0.39 is 0 Å². The second kappa shape index (κ2) is 4.58. The van der Waals surface area contributed by atoms with Crippen molar-refractivity contribution in [2.24, 2.45) is 0 Å². The van der Waals surface area contributed by atoms with Gasteiger partial charge in [0.2, 0.25) is 0 Å². The number of rotatable bonds is 2. The summed E-state index contributed by atoms with van der Waals surface area (Å²) in [5.41, 5.74) is 4.82. The number of nitrogens with one attached hydrogen (secondary N) is 2. The topological polar surface area (TPSA) is 70.5 Å². The minimum absolute atomic E-state index is 0.673. The van der Waals surface area contributed by atoms with Gasteiger partial charge in [0.15, 0.2) is 5.76 Å². The first kappa shape index (κ1) is 12.2. The summed E-state index contributed by atoms with van der Waals surface area (Å²) in [6.07, 6.45) is 3.88. The van der Waals surface area contributed by atoms with Crippen LogP contribution in [-0.4, -0.2) is 20.3 Å². The van der Waals surface area contributed by atoms with E-state index in [-0.39, 0.29) is 0 Å². The zero-order valence-corrected chi connectivity index (χ0v) is 12.1. The van der Waals surface area contributed by atoms with Gasteiger partial charge in [0.1, 0.15) is 5.69 Å². The molecule has 5 nitrogen and oxygen atoms in total. The largest absolute Gasteiger partial charge is 0.360 e. The van der Waals surface area contributed by atoms with Crippen LogP contribution in [0.4, 0.5) is 0 Å². The summed E-state index contributed by atoms with van der Waals surface area (Å²) in [5.74, 6) is 0.673. The summed E-state index contributed by atoms with van der Waals surface area (Å²) in [7, 11) is 0. The molecule has 0 spiro atoms. The van der Waals surface area contributed by atoms with Crippen molar-refractivity contribution in [2.45, 2.75) is 0 Å². The fraction of sp³-hybridized carbons (Fsp3) is 0. The summed E-state index contributed by atoms with van der Waals surface area (Å²) < 4.78 is 5.49. The van der Waals surface area contributed by atoms with Crippen LogP contribution in [0, 0.1) is 0 Å². The van der Waals surface area contributed by atoms with Gasteiger partial charge in [0, 0.05) is 50.6 Å². The quantitative estimate of drug-likeness (QED) is 0.508. The molecule has 3 heterocycles. The molecule has 5 aromatic rings. The second-order valence-corrected chi connectivity index (χ2v) is 5.45. The van der Waals surface area contributed by atoms with Gasteiger partial charge >= 0.3 is 0 Å². The van der Waals surface area contributed by atoms with Crippen LogP contribution in [0.3, 0.4) is 0 Å². The first-order valence-corrected chi connectivity index (χ1v) is 7.37. The Morgan fingerprint density at radius 2 is 1.35 bits per heavy atom. The molecule has 0 fully saturated rings. The van der Waals surface area contributed by atoms with Gasteiger partial charge in [-0.2, -0.15) is 0 Å². The van der Waals surface area contributed by atoms with E-state index in [1.165, 1.54) is 0 Å². The Kier molecular flexibility index (Phi) is 2.43. The van der Waals surface area contributed by atoms with Crippen molar-refractivity contribution in [3.05, 3.63) is 60.9 Å². The van der Waals surface area contributed by atoms with Crippen LogP contribution in [0.5, 0.6) is 0 Å². The molecular weight excluding hydrogens is 288 g/mol. The van der Waals surface area contributed by atoms with E-state index in [0.717, 1.165) is 38.6 Å². The van der Waals surface area contributed by atoms with Crippen molar-refractivity contribution in [1.82, 2.24) is 20.3 Å². The number of H-pyrrole nitrogens is 2. The highest BCUT2D eigenvalue weighted by Gasteiger charge is 2.20. The van der Waals surface area contributed by atoms with Gasteiger partial charge in [-0.3, -0.25) is 0 Å². The van der Waals surface area contributed by atoms with Gasteiger partial charge in [0.25, 0.3) is 0 Å². The molecule has 110 valence electrons. The van der Waals surface area contributed by atoms with E-state index in [0.29, 0.717) is 5.76 Å². The van der Waals surface area contributed by atoms with Crippen LogP contribution in [-0.2, 0) is 0 Å². The zero-order valence-electron chi connectivity index (χ0n) is 12.1. The zero-order chi connectivity index (χ0) is 15.2. The smallest absolute Gasteiger partial charge is 0.197 e. The third-order valence-electron chi connectivity index (χ3n) is 4.17. The van der Waals surface area contributed by atoms with Crippen molar-refractivity contribution in [2.75, 3.05) is 0 Å². The number of aromatic amines is 2. The van der Waals surface area contributed by atoms with E-state index >= 15 is 0 Å². The predicted molar refractivity (Wildman–Crippen MR) is 88.9 cm³/mol. The number of aromatic nitrogens is 4. The number of para-hydroxylation sites is 2. The maximum absolute atomic E-state index is 5.49. The van der Waals surface area contributed by atoms with Crippen molar-refractivity contribution >= 4 is 21.8 Å². The third-order valence-corrected chi connectivity index (χ3v) is 4.17. The molecule has 0 unspecified atom stereocenters. The summed E-state index contributed by atoms with van der Waals surface area (Å²) in [6, 6.07) is 16.2. The van der Waals surface area contributed by atoms with Gasteiger partial charge in [-0.25, -0.2) is 0 Å².